The Hall–Kier alpha value is -2.24. The minimum atomic E-state index is -0.262. The average Bonchev–Trinajstić information content (AvgIpc) is 2.66. The summed E-state index contributed by atoms with van der Waals surface area (Å²) < 4.78 is 13.9. The van der Waals surface area contributed by atoms with Crippen molar-refractivity contribution in [3.8, 4) is 0 Å². The van der Waals surface area contributed by atoms with Crippen LogP contribution in [0.3, 0.4) is 0 Å². The minimum absolute atomic E-state index is 0.0961. The van der Waals surface area contributed by atoms with E-state index in [1.54, 1.807) is 25.1 Å². The molecule has 0 aliphatic carbocycles. The molecule has 1 atom stereocenters. The fourth-order valence-electron chi connectivity index (χ4n) is 3.44. The third kappa shape index (κ3) is 4.29. The zero-order valence-electron chi connectivity index (χ0n) is 15.4. The summed E-state index contributed by atoms with van der Waals surface area (Å²) in [7, 11) is 3.60. The van der Waals surface area contributed by atoms with E-state index in [4.69, 9.17) is 0 Å². The van der Waals surface area contributed by atoms with Crippen LogP contribution in [0.15, 0.2) is 54.6 Å². The van der Waals surface area contributed by atoms with Gasteiger partial charge in [0.15, 0.2) is 0 Å². The molecule has 2 aromatic rings. The summed E-state index contributed by atoms with van der Waals surface area (Å²) in [5.41, 5.74) is 1.75. The Morgan fingerprint density at radius 2 is 1.62 bits per heavy atom. The van der Waals surface area contributed by atoms with Gasteiger partial charge in [0.05, 0.1) is 0 Å². The molecule has 0 bridgehead atoms. The Labute approximate surface area is 154 Å². The summed E-state index contributed by atoms with van der Waals surface area (Å²) in [6.45, 7) is 3.82. The van der Waals surface area contributed by atoms with Crippen molar-refractivity contribution in [1.82, 2.24) is 14.7 Å². The van der Waals surface area contributed by atoms with Crippen LogP contribution in [0.25, 0.3) is 0 Å². The van der Waals surface area contributed by atoms with Crippen LogP contribution in [0, 0.1) is 5.82 Å². The number of rotatable bonds is 5. The van der Waals surface area contributed by atoms with E-state index in [1.165, 1.54) is 6.07 Å². The van der Waals surface area contributed by atoms with Gasteiger partial charge in [0.25, 0.3) is 0 Å². The van der Waals surface area contributed by atoms with Gasteiger partial charge in [-0.25, -0.2) is 4.39 Å². The number of carbonyl (C=O) groups excluding carboxylic acids is 1. The lowest BCUT2D eigenvalue weighted by molar-refractivity contribution is -0.135. The summed E-state index contributed by atoms with van der Waals surface area (Å²) in [6.07, 6.45) is 0. The highest BCUT2D eigenvalue weighted by Gasteiger charge is 2.31. The quantitative estimate of drug-likeness (QED) is 0.825. The molecule has 0 spiro atoms. The highest BCUT2D eigenvalue weighted by atomic mass is 19.1. The maximum atomic E-state index is 13.9. The molecule has 1 unspecified atom stereocenters. The molecule has 0 saturated carbocycles. The second-order valence-corrected chi connectivity index (χ2v) is 6.95. The van der Waals surface area contributed by atoms with E-state index in [0.717, 1.165) is 37.3 Å². The monoisotopic (exact) mass is 355 g/mol. The third-order valence-corrected chi connectivity index (χ3v) is 4.91. The highest BCUT2D eigenvalue weighted by molar-refractivity contribution is 5.82. The maximum absolute atomic E-state index is 13.9. The first-order valence-electron chi connectivity index (χ1n) is 9.02. The molecule has 0 radical (unpaired) electrons. The first-order chi connectivity index (χ1) is 12.6. The number of nitrogens with zero attached hydrogens (tertiary/aromatic N) is 3. The predicted molar refractivity (Wildman–Crippen MR) is 101 cm³/mol. The Morgan fingerprint density at radius 1 is 1.00 bits per heavy atom. The summed E-state index contributed by atoms with van der Waals surface area (Å²) in [5.74, 6) is -0.0568. The summed E-state index contributed by atoms with van der Waals surface area (Å²) in [6, 6.07) is 16.6. The van der Waals surface area contributed by atoms with Gasteiger partial charge in [-0.05, 0) is 11.6 Å². The van der Waals surface area contributed by atoms with Gasteiger partial charge in [-0.15, -0.1) is 0 Å². The van der Waals surface area contributed by atoms with Gasteiger partial charge in [0, 0.05) is 52.4 Å². The van der Waals surface area contributed by atoms with Gasteiger partial charge in [-0.1, -0.05) is 48.5 Å². The molecule has 1 amide bonds. The van der Waals surface area contributed by atoms with Crippen molar-refractivity contribution < 1.29 is 9.18 Å². The number of piperazine rings is 1. The minimum Gasteiger partial charge on any atom is -0.347 e. The first kappa shape index (κ1) is 18.5. The van der Waals surface area contributed by atoms with E-state index < -0.39 is 0 Å². The molecule has 1 aliphatic heterocycles. The van der Waals surface area contributed by atoms with Gasteiger partial charge >= 0.3 is 0 Å². The number of hydrogen-bond donors (Lipinski definition) is 0. The van der Waals surface area contributed by atoms with E-state index >= 15 is 0 Å². The topological polar surface area (TPSA) is 26.8 Å². The normalized spacial score (nSPS) is 17.0. The van der Waals surface area contributed by atoms with Gasteiger partial charge in [0.1, 0.15) is 11.9 Å². The van der Waals surface area contributed by atoms with Crippen molar-refractivity contribution in [2.24, 2.45) is 0 Å². The molecule has 1 heterocycles. The molecule has 138 valence electrons. The van der Waals surface area contributed by atoms with E-state index in [2.05, 4.69) is 9.80 Å². The van der Waals surface area contributed by atoms with Gasteiger partial charge < -0.3 is 4.90 Å². The van der Waals surface area contributed by atoms with E-state index in [9.17, 15) is 9.18 Å². The molecule has 0 aromatic heterocycles. The van der Waals surface area contributed by atoms with Crippen molar-refractivity contribution in [3.63, 3.8) is 0 Å². The largest absolute Gasteiger partial charge is 0.347 e. The van der Waals surface area contributed by atoms with Crippen LogP contribution in [0.2, 0.25) is 0 Å². The standard InChI is InChI=1S/C21H26FN3O/c1-23(2)21(26)20(17-8-4-3-5-9-17)25-14-12-24(13-15-25)16-18-10-6-7-11-19(18)22/h3-11,20H,12-16H2,1-2H3. The van der Waals surface area contributed by atoms with Crippen LogP contribution < -0.4 is 0 Å². The van der Waals surface area contributed by atoms with Gasteiger partial charge in [0.2, 0.25) is 5.91 Å². The van der Waals surface area contributed by atoms with Crippen molar-refractivity contribution in [1.29, 1.82) is 0 Å². The van der Waals surface area contributed by atoms with E-state index in [-0.39, 0.29) is 17.8 Å². The average molecular weight is 355 g/mol. The molecule has 2 aromatic carbocycles. The van der Waals surface area contributed by atoms with Crippen LogP contribution in [-0.2, 0) is 11.3 Å². The third-order valence-electron chi connectivity index (χ3n) is 4.91. The molecule has 1 aliphatic rings. The molecular weight excluding hydrogens is 329 g/mol. The SMILES string of the molecule is CN(C)C(=O)C(c1ccccc1)N1CCN(Cc2ccccc2F)CC1. The van der Waals surface area contributed by atoms with E-state index in [1.807, 2.05) is 42.5 Å². The number of amides is 1. The van der Waals surface area contributed by atoms with Crippen molar-refractivity contribution in [3.05, 3.63) is 71.5 Å². The molecule has 4 nitrogen and oxygen atoms in total. The Balaban J connectivity index is 1.68. The number of hydrogen-bond acceptors (Lipinski definition) is 3. The van der Waals surface area contributed by atoms with Crippen molar-refractivity contribution >= 4 is 5.91 Å². The lowest BCUT2D eigenvalue weighted by Crippen LogP contribution is -2.50. The molecule has 3 rings (SSSR count). The van der Waals surface area contributed by atoms with E-state index in [0.29, 0.717) is 6.54 Å². The van der Waals surface area contributed by atoms with Crippen molar-refractivity contribution in [2.75, 3.05) is 40.3 Å². The first-order valence-corrected chi connectivity index (χ1v) is 9.02. The zero-order valence-corrected chi connectivity index (χ0v) is 15.4. The van der Waals surface area contributed by atoms with Crippen LogP contribution in [0.1, 0.15) is 17.2 Å². The van der Waals surface area contributed by atoms with Gasteiger partial charge in [-0.2, -0.15) is 0 Å². The molecule has 26 heavy (non-hydrogen) atoms. The van der Waals surface area contributed by atoms with Crippen LogP contribution in [0.5, 0.6) is 0 Å². The number of likely N-dealkylation sites (N-methyl/N-ethyl adjacent to an activating group) is 1. The highest BCUT2D eigenvalue weighted by Crippen LogP contribution is 2.24. The lowest BCUT2D eigenvalue weighted by Gasteiger charge is -2.39. The zero-order chi connectivity index (χ0) is 18.5. The maximum Gasteiger partial charge on any atom is 0.244 e. The van der Waals surface area contributed by atoms with Crippen LogP contribution in [-0.4, -0.2) is 60.9 Å². The summed E-state index contributed by atoms with van der Waals surface area (Å²) in [5, 5.41) is 0. The number of benzene rings is 2. The number of carbonyl (C=O) groups is 1. The summed E-state index contributed by atoms with van der Waals surface area (Å²) >= 11 is 0. The Morgan fingerprint density at radius 3 is 2.23 bits per heavy atom. The Bertz CT molecular complexity index is 727. The smallest absolute Gasteiger partial charge is 0.244 e. The molecule has 0 N–H and O–H groups in total. The second kappa shape index (κ2) is 8.43. The van der Waals surface area contributed by atoms with Crippen LogP contribution >= 0.6 is 0 Å². The lowest BCUT2D eigenvalue weighted by atomic mass is 10.0. The number of halogens is 1. The molecule has 1 fully saturated rings. The fraction of sp³-hybridized carbons (Fsp3) is 0.381. The fourth-order valence-corrected chi connectivity index (χ4v) is 3.44. The predicted octanol–water partition coefficient (Wildman–Crippen LogP) is 2.77. The molecular formula is C21H26FN3O. The Kier molecular flexibility index (Phi) is 6.01. The van der Waals surface area contributed by atoms with Gasteiger partial charge in [-0.3, -0.25) is 14.6 Å². The molecule has 5 heteroatoms. The van der Waals surface area contributed by atoms with Crippen LogP contribution in [0.4, 0.5) is 4.39 Å². The molecule has 1 saturated heterocycles. The van der Waals surface area contributed by atoms with Crippen molar-refractivity contribution in [2.45, 2.75) is 12.6 Å². The second-order valence-electron chi connectivity index (χ2n) is 6.95. The summed E-state index contributed by atoms with van der Waals surface area (Å²) in [4.78, 5) is 18.9.